The largest absolute Gasteiger partial charge is 0.454 e. The topological polar surface area (TPSA) is 47.6 Å². The van der Waals surface area contributed by atoms with Crippen LogP contribution in [0.25, 0.3) is 11.1 Å². The van der Waals surface area contributed by atoms with Crippen molar-refractivity contribution in [1.82, 2.24) is 5.32 Å². The molecular weight excluding hydrogens is 376 g/mol. The van der Waals surface area contributed by atoms with E-state index >= 15 is 0 Å². The Morgan fingerprint density at radius 1 is 0.897 bits per heavy atom. The van der Waals surface area contributed by atoms with Gasteiger partial charge < -0.3 is 14.8 Å². The molecule has 1 aliphatic heterocycles. The lowest BCUT2D eigenvalue weighted by atomic mass is 10.0. The molecule has 3 aromatic rings. The number of hydrogen-bond acceptors (Lipinski definition) is 3. The molecule has 0 radical (unpaired) electrons. The van der Waals surface area contributed by atoms with Crippen molar-refractivity contribution in [3.63, 3.8) is 0 Å². The van der Waals surface area contributed by atoms with Crippen LogP contribution in [-0.4, -0.2) is 12.7 Å². The number of halogens is 2. The van der Waals surface area contributed by atoms with E-state index in [1.165, 1.54) is 12.1 Å². The molecule has 0 bridgehead atoms. The molecule has 148 valence electrons. The van der Waals surface area contributed by atoms with Gasteiger partial charge in [-0.25, -0.2) is 8.78 Å². The molecule has 3 aromatic carbocycles. The van der Waals surface area contributed by atoms with Crippen LogP contribution in [0.4, 0.5) is 8.78 Å². The van der Waals surface area contributed by atoms with Crippen molar-refractivity contribution in [1.29, 1.82) is 0 Å². The molecule has 1 heterocycles. The molecule has 0 unspecified atom stereocenters. The lowest BCUT2D eigenvalue weighted by Crippen LogP contribution is -2.22. The Labute approximate surface area is 167 Å². The maximum absolute atomic E-state index is 13.9. The summed E-state index contributed by atoms with van der Waals surface area (Å²) in [6.07, 6.45) is 0.962. The molecule has 0 aromatic heterocycles. The number of fused-ring (bicyclic) bond motifs is 1. The number of carbonyl (C=O) groups is 1. The highest BCUT2D eigenvalue weighted by Gasteiger charge is 2.13. The van der Waals surface area contributed by atoms with E-state index in [0.29, 0.717) is 36.3 Å². The number of nitrogens with one attached hydrogen (secondary N) is 1. The first-order valence-electron chi connectivity index (χ1n) is 9.28. The van der Waals surface area contributed by atoms with Crippen molar-refractivity contribution in [3.05, 3.63) is 83.4 Å². The lowest BCUT2D eigenvalue weighted by molar-refractivity contribution is -0.121. The number of carbonyl (C=O) groups excluding carboxylic acids is 1. The minimum absolute atomic E-state index is 0.0590. The van der Waals surface area contributed by atoms with Crippen LogP contribution in [0.3, 0.4) is 0 Å². The fourth-order valence-corrected chi connectivity index (χ4v) is 3.17. The summed E-state index contributed by atoms with van der Waals surface area (Å²) in [5.74, 6) is 0.167. The quantitative estimate of drug-likeness (QED) is 0.663. The second-order valence-corrected chi connectivity index (χ2v) is 6.79. The van der Waals surface area contributed by atoms with Gasteiger partial charge in [-0.05, 0) is 47.4 Å². The SMILES string of the molecule is O=C(CCc1ccc2c(c1)OCO2)NCc1ccc(-c2ccc(F)cc2F)cc1. The van der Waals surface area contributed by atoms with E-state index < -0.39 is 11.6 Å². The minimum atomic E-state index is -0.605. The fraction of sp³-hybridized carbons (Fsp3) is 0.174. The normalized spacial score (nSPS) is 12.1. The number of aryl methyl sites for hydroxylation is 1. The van der Waals surface area contributed by atoms with Crippen LogP contribution < -0.4 is 14.8 Å². The molecule has 1 amide bonds. The highest BCUT2D eigenvalue weighted by Crippen LogP contribution is 2.32. The molecule has 29 heavy (non-hydrogen) atoms. The summed E-state index contributed by atoms with van der Waals surface area (Å²) in [5.41, 5.74) is 2.90. The molecule has 0 atom stereocenters. The summed E-state index contributed by atoms with van der Waals surface area (Å²) in [6.45, 7) is 0.609. The molecule has 0 aliphatic carbocycles. The Morgan fingerprint density at radius 3 is 2.45 bits per heavy atom. The van der Waals surface area contributed by atoms with Crippen LogP contribution in [0.15, 0.2) is 60.7 Å². The summed E-state index contributed by atoms with van der Waals surface area (Å²) in [6, 6.07) is 16.3. The van der Waals surface area contributed by atoms with Crippen LogP contribution in [0, 0.1) is 11.6 Å². The van der Waals surface area contributed by atoms with Gasteiger partial charge in [-0.3, -0.25) is 4.79 Å². The first kappa shape index (κ1) is 18.9. The summed E-state index contributed by atoms with van der Waals surface area (Å²) >= 11 is 0. The second kappa shape index (κ2) is 8.31. The van der Waals surface area contributed by atoms with Gasteiger partial charge in [0.2, 0.25) is 12.7 Å². The summed E-state index contributed by atoms with van der Waals surface area (Å²) in [7, 11) is 0. The number of hydrogen-bond donors (Lipinski definition) is 1. The van der Waals surface area contributed by atoms with Gasteiger partial charge in [0.1, 0.15) is 11.6 Å². The van der Waals surface area contributed by atoms with Gasteiger partial charge >= 0.3 is 0 Å². The Morgan fingerprint density at radius 2 is 1.66 bits per heavy atom. The molecule has 0 saturated heterocycles. The van der Waals surface area contributed by atoms with Gasteiger partial charge in [0.15, 0.2) is 11.5 Å². The highest BCUT2D eigenvalue weighted by atomic mass is 19.1. The average Bonchev–Trinajstić information content (AvgIpc) is 3.19. The van der Waals surface area contributed by atoms with Crippen LogP contribution >= 0.6 is 0 Å². The molecule has 1 N–H and O–H groups in total. The third-order valence-corrected chi connectivity index (χ3v) is 4.76. The Balaban J connectivity index is 1.29. The van der Waals surface area contributed by atoms with Crippen LogP contribution in [-0.2, 0) is 17.8 Å². The number of ether oxygens (including phenoxy) is 2. The van der Waals surface area contributed by atoms with Crippen molar-refractivity contribution in [2.24, 2.45) is 0 Å². The molecule has 1 aliphatic rings. The molecule has 6 heteroatoms. The maximum atomic E-state index is 13.9. The van der Waals surface area contributed by atoms with Gasteiger partial charge in [-0.15, -0.1) is 0 Å². The first-order chi connectivity index (χ1) is 14.1. The van der Waals surface area contributed by atoms with Gasteiger partial charge in [-0.1, -0.05) is 30.3 Å². The zero-order valence-corrected chi connectivity index (χ0v) is 15.6. The highest BCUT2D eigenvalue weighted by molar-refractivity contribution is 5.76. The standard InChI is InChI=1S/C23H19F2NO3/c24-18-7-8-19(20(25)12-18)17-5-1-16(2-6-17)13-26-23(27)10-4-15-3-9-21-22(11-15)29-14-28-21/h1-3,5-9,11-12H,4,10,13-14H2,(H,26,27). The van der Waals surface area contributed by atoms with E-state index in [0.717, 1.165) is 22.9 Å². The smallest absolute Gasteiger partial charge is 0.231 e. The number of rotatable bonds is 6. The van der Waals surface area contributed by atoms with Crippen LogP contribution in [0.2, 0.25) is 0 Å². The van der Waals surface area contributed by atoms with Crippen molar-refractivity contribution in [2.45, 2.75) is 19.4 Å². The first-order valence-corrected chi connectivity index (χ1v) is 9.28. The van der Waals surface area contributed by atoms with Crippen molar-refractivity contribution in [2.75, 3.05) is 6.79 Å². The third-order valence-electron chi connectivity index (χ3n) is 4.76. The van der Waals surface area contributed by atoms with Crippen molar-refractivity contribution < 1.29 is 23.0 Å². The fourth-order valence-electron chi connectivity index (χ4n) is 3.17. The minimum Gasteiger partial charge on any atom is -0.454 e. The van der Waals surface area contributed by atoms with Gasteiger partial charge in [0.25, 0.3) is 0 Å². The maximum Gasteiger partial charge on any atom is 0.231 e. The molecule has 0 saturated carbocycles. The van der Waals surface area contributed by atoms with Crippen LogP contribution in [0.5, 0.6) is 11.5 Å². The Bertz CT molecular complexity index is 1030. The number of benzene rings is 3. The van der Waals surface area contributed by atoms with Crippen molar-refractivity contribution in [3.8, 4) is 22.6 Å². The van der Waals surface area contributed by atoms with E-state index in [1.807, 2.05) is 30.3 Å². The molecule has 0 fully saturated rings. The zero-order valence-electron chi connectivity index (χ0n) is 15.6. The van der Waals surface area contributed by atoms with E-state index in [-0.39, 0.29) is 12.7 Å². The van der Waals surface area contributed by atoms with E-state index in [9.17, 15) is 13.6 Å². The molecule has 0 spiro atoms. The summed E-state index contributed by atoms with van der Waals surface area (Å²) < 4.78 is 37.5. The average molecular weight is 395 g/mol. The lowest BCUT2D eigenvalue weighted by Gasteiger charge is -2.08. The van der Waals surface area contributed by atoms with E-state index in [4.69, 9.17) is 9.47 Å². The van der Waals surface area contributed by atoms with E-state index in [1.54, 1.807) is 12.1 Å². The van der Waals surface area contributed by atoms with Gasteiger partial charge in [0, 0.05) is 24.6 Å². The summed E-state index contributed by atoms with van der Waals surface area (Å²) in [5, 5.41) is 2.88. The van der Waals surface area contributed by atoms with Gasteiger partial charge in [-0.2, -0.15) is 0 Å². The second-order valence-electron chi connectivity index (χ2n) is 6.79. The number of amides is 1. The van der Waals surface area contributed by atoms with Crippen LogP contribution in [0.1, 0.15) is 17.5 Å². The molecule has 4 rings (SSSR count). The predicted octanol–water partition coefficient (Wildman–Crippen LogP) is 4.61. The Hall–Kier alpha value is -3.41. The Kier molecular flexibility index (Phi) is 5.42. The van der Waals surface area contributed by atoms with E-state index in [2.05, 4.69) is 5.32 Å². The van der Waals surface area contributed by atoms with Crippen molar-refractivity contribution >= 4 is 5.91 Å². The molecule has 4 nitrogen and oxygen atoms in total. The zero-order chi connectivity index (χ0) is 20.2. The molecular formula is C23H19F2NO3. The van der Waals surface area contributed by atoms with Gasteiger partial charge in [0.05, 0.1) is 0 Å². The predicted molar refractivity (Wildman–Crippen MR) is 105 cm³/mol. The summed E-state index contributed by atoms with van der Waals surface area (Å²) in [4.78, 5) is 12.1. The third kappa shape index (κ3) is 4.54. The monoisotopic (exact) mass is 395 g/mol.